The van der Waals surface area contributed by atoms with Gasteiger partial charge in [0.2, 0.25) is 5.91 Å². The molecule has 5 aliphatic heterocycles. The van der Waals surface area contributed by atoms with Crippen LogP contribution in [0.15, 0.2) is 47.2 Å². The molecule has 6 heterocycles. The lowest BCUT2D eigenvalue weighted by atomic mass is 9.86. The number of rotatable bonds is 11. The van der Waals surface area contributed by atoms with Gasteiger partial charge in [-0.15, -0.1) is 0 Å². The number of carboxylic acid groups (broad SMARTS) is 2. The Bertz CT molecular complexity index is 1700. The van der Waals surface area contributed by atoms with Crippen molar-refractivity contribution in [3.05, 3.63) is 69.0 Å². The molecule has 11 nitrogen and oxygen atoms in total. The number of hydrogen-bond acceptors (Lipinski definition) is 7. The van der Waals surface area contributed by atoms with E-state index in [1.165, 1.54) is 11.8 Å². The van der Waals surface area contributed by atoms with Gasteiger partial charge in [0, 0.05) is 52.6 Å². The van der Waals surface area contributed by atoms with Crippen LogP contribution in [0.25, 0.3) is 12.2 Å². The van der Waals surface area contributed by atoms with E-state index in [0.717, 1.165) is 50.1 Å². The summed E-state index contributed by atoms with van der Waals surface area (Å²) in [6, 6.07) is -0.191. The number of H-pyrrole nitrogens is 1. The Hall–Kier alpha value is -3.90. The lowest BCUT2D eigenvalue weighted by molar-refractivity contribution is -0.138. The first-order valence-corrected chi connectivity index (χ1v) is 16.7. The van der Waals surface area contributed by atoms with Crippen LogP contribution in [-0.4, -0.2) is 65.9 Å². The molecule has 1 aromatic rings. The first-order valence-electron chi connectivity index (χ1n) is 15.5. The number of fused-ring (bicyclic) bond motifs is 1. The van der Waals surface area contributed by atoms with Crippen molar-refractivity contribution in [1.29, 1.82) is 0 Å². The number of allylic oxidation sites excluding steroid dienone is 3. The molecule has 0 spiro atoms. The van der Waals surface area contributed by atoms with Crippen molar-refractivity contribution in [2.75, 3.05) is 5.75 Å². The highest BCUT2D eigenvalue weighted by atomic mass is 32.2. The lowest BCUT2D eigenvalue weighted by Gasteiger charge is -2.18. The molecule has 1 aromatic heterocycles. The van der Waals surface area contributed by atoms with Crippen LogP contribution in [0, 0.1) is 30.6 Å². The molecule has 0 aromatic carbocycles. The first kappa shape index (κ1) is 31.1. The lowest BCUT2D eigenvalue weighted by Crippen LogP contribution is -2.28. The minimum Gasteiger partial charge on any atom is -0.495 e. The minimum absolute atomic E-state index is 0.0170. The third kappa shape index (κ3) is 5.48. The van der Waals surface area contributed by atoms with Crippen LogP contribution in [0.3, 0.4) is 0 Å². The zero-order chi connectivity index (χ0) is 32.4. The summed E-state index contributed by atoms with van der Waals surface area (Å²) in [5.74, 6) is -0.573. The van der Waals surface area contributed by atoms with E-state index in [0.29, 0.717) is 18.1 Å². The predicted molar refractivity (Wildman–Crippen MR) is 173 cm³/mol. The van der Waals surface area contributed by atoms with Crippen molar-refractivity contribution in [2.45, 2.75) is 70.3 Å². The molecule has 5 aliphatic rings. The molecule has 0 bridgehead atoms. The van der Waals surface area contributed by atoms with Gasteiger partial charge in [-0.25, -0.2) is 5.43 Å². The number of aromatic amines is 1. The number of carboxylic acids is 2. The van der Waals surface area contributed by atoms with E-state index < -0.39 is 17.6 Å². The average Bonchev–Trinajstić information content (AvgIpc) is 3.85. The molecule has 45 heavy (non-hydrogen) atoms. The fraction of sp³-hybridized carbons (Fsp3) is 0.485. The number of amides is 1. The largest absolute Gasteiger partial charge is 0.495 e. The quantitative estimate of drug-likeness (QED) is 0.107. The smallest absolute Gasteiger partial charge is 0.303 e. The van der Waals surface area contributed by atoms with E-state index in [2.05, 4.69) is 45.6 Å². The second-order valence-electron chi connectivity index (χ2n) is 12.9. The molecule has 240 valence electrons. The predicted octanol–water partition coefficient (Wildman–Crippen LogP) is 1.21. The Balaban J connectivity index is 1.42. The summed E-state index contributed by atoms with van der Waals surface area (Å²) in [7, 11) is 0. The number of thiol groups is 1. The Morgan fingerprint density at radius 1 is 1.11 bits per heavy atom. The molecule has 7 atom stereocenters. The molecule has 7 N–H and O–H groups in total. The van der Waals surface area contributed by atoms with E-state index in [9.17, 15) is 29.7 Å². The summed E-state index contributed by atoms with van der Waals surface area (Å²) < 4.78 is 0. The third-order valence-corrected chi connectivity index (χ3v) is 11.3. The Morgan fingerprint density at radius 3 is 2.42 bits per heavy atom. The van der Waals surface area contributed by atoms with Gasteiger partial charge in [-0.2, -0.15) is 0 Å². The van der Waals surface area contributed by atoms with Gasteiger partial charge >= 0.3 is 11.9 Å². The number of carbonyl (C=O) groups is 3. The molecule has 0 aliphatic carbocycles. The number of carbonyl (C=O) groups excluding carboxylic acids is 1. The summed E-state index contributed by atoms with van der Waals surface area (Å²) in [5, 5.41) is 39.8. The topological polar surface area (TPSA) is 177 Å². The van der Waals surface area contributed by atoms with Gasteiger partial charge in [0.25, 0.3) is 0 Å². The van der Waals surface area contributed by atoms with Crippen LogP contribution in [0.1, 0.15) is 51.2 Å². The van der Waals surface area contributed by atoms with Gasteiger partial charge in [-0.05, 0) is 66.5 Å². The van der Waals surface area contributed by atoms with Gasteiger partial charge in [0.1, 0.15) is 5.66 Å². The number of hydrogen-bond donors (Lipinski definition) is 7. The Morgan fingerprint density at radius 2 is 1.80 bits per heavy atom. The highest BCUT2D eigenvalue weighted by Crippen LogP contribution is 2.53. The molecule has 12 heteroatoms. The van der Waals surface area contributed by atoms with Crippen molar-refractivity contribution in [2.24, 2.45) is 23.7 Å². The molecular formula is C33H42N5O6S+. The van der Waals surface area contributed by atoms with Crippen LogP contribution >= 0.6 is 0 Å². The van der Waals surface area contributed by atoms with E-state index >= 15 is 0 Å². The van der Waals surface area contributed by atoms with Crippen molar-refractivity contribution in [3.8, 4) is 0 Å². The summed E-state index contributed by atoms with van der Waals surface area (Å²) in [6.07, 6.45) is 8.41. The number of aliphatic hydroxyl groups is 1. The second-order valence-corrected chi connectivity index (χ2v) is 14.3. The maximum atomic E-state index is 12.7. The van der Waals surface area contributed by atoms with Crippen molar-refractivity contribution in [1.82, 2.24) is 26.1 Å². The molecule has 6 rings (SSSR count). The van der Waals surface area contributed by atoms with E-state index in [1.807, 2.05) is 32.9 Å². The third-order valence-electron chi connectivity index (χ3n) is 10.2. The molecule has 3 saturated heterocycles. The molecule has 3 fully saturated rings. The number of aliphatic hydroxyl groups excluding tert-OH is 1. The number of nitrogens with zero attached hydrogens (tertiary/aromatic N) is 1. The van der Waals surface area contributed by atoms with Gasteiger partial charge in [0.05, 0.1) is 17.7 Å². The fourth-order valence-electron chi connectivity index (χ4n) is 7.35. The maximum absolute atomic E-state index is 12.7. The highest BCUT2D eigenvalue weighted by Gasteiger charge is 2.63. The zero-order valence-electron chi connectivity index (χ0n) is 26.0. The van der Waals surface area contributed by atoms with Crippen LogP contribution in [0.4, 0.5) is 0 Å². The van der Waals surface area contributed by atoms with E-state index in [-0.39, 0.29) is 54.3 Å². The number of hydrazine groups is 1. The van der Waals surface area contributed by atoms with E-state index in [1.54, 1.807) is 6.08 Å². The van der Waals surface area contributed by atoms with Crippen LogP contribution in [0.5, 0.6) is 0 Å². The SMILES string of the molecule is C=CC1=C(O)N[C@H](/C=c2/[nH]/c(=C/C3=C(CCC(=O)O)C(C)[C@]4(/C=C5\NC(=O)[C@H](C)[C@H]5[C@@H]5C[SH+]5)NN34)c(CCC(=O)O)c2C)C1C. The summed E-state index contributed by atoms with van der Waals surface area (Å²) >= 11 is 1.37. The maximum Gasteiger partial charge on any atom is 0.303 e. The fourth-order valence-corrected chi connectivity index (χ4v) is 8.35. The summed E-state index contributed by atoms with van der Waals surface area (Å²) in [6.45, 7) is 11.8. The van der Waals surface area contributed by atoms with Gasteiger partial charge < -0.3 is 30.9 Å². The normalized spacial score (nSPS) is 33.6. The summed E-state index contributed by atoms with van der Waals surface area (Å²) in [5.41, 5.74) is 8.25. The highest BCUT2D eigenvalue weighted by molar-refractivity contribution is 7.86. The molecular weight excluding hydrogens is 594 g/mol. The average molecular weight is 637 g/mol. The Kier molecular flexibility index (Phi) is 7.93. The molecule has 2 unspecified atom stereocenters. The van der Waals surface area contributed by atoms with Crippen molar-refractivity contribution >= 4 is 41.8 Å². The number of aromatic nitrogens is 1. The monoisotopic (exact) mass is 636 g/mol. The van der Waals surface area contributed by atoms with Crippen LogP contribution in [-0.2, 0) is 32.6 Å². The standard InChI is InChI=1S/C33H41N5O6S/c1-6-19-15(2)23(35-32(19)44)11-22-16(3)20(7-9-28(39)40)24(34-22)12-26-21(8-10-29(41)42)18(5)33(37-38(26)33)13-25-30(27-14-45-27)17(4)31(43)36-25/h6,11-13,15,17-18,23,27,30,34-35,37,44H,1,7-10,14H2,2-5H3,(H,36,43)(H,39,40)(H,41,42)/p+1/b22-11+,24-12+,25-13-/t15?,17-,18?,23-,27+,30-,33-,38?/m1/s1. The summed E-state index contributed by atoms with van der Waals surface area (Å²) in [4.78, 5) is 39.5. The van der Waals surface area contributed by atoms with Crippen molar-refractivity contribution in [3.63, 3.8) is 0 Å². The van der Waals surface area contributed by atoms with Gasteiger partial charge in [0.15, 0.2) is 16.9 Å². The second kappa shape index (κ2) is 11.5. The van der Waals surface area contributed by atoms with Crippen LogP contribution in [0.2, 0.25) is 0 Å². The van der Waals surface area contributed by atoms with Gasteiger partial charge in [-0.1, -0.05) is 33.4 Å². The Labute approximate surface area is 265 Å². The van der Waals surface area contributed by atoms with Crippen LogP contribution < -0.4 is 26.8 Å². The zero-order valence-corrected chi connectivity index (χ0v) is 26.9. The first-order chi connectivity index (χ1) is 21.4. The molecule has 0 radical (unpaired) electrons. The molecule has 0 saturated carbocycles. The molecule has 1 amide bonds. The van der Waals surface area contributed by atoms with Crippen molar-refractivity contribution < 1.29 is 29.7 Å². The van der Waals surface area contributed by atoms with E-state index in [4.69, 9.17) is 0 Å². The number of nitrogens with one attached hydrogen (secondary N) is 4. The number of aliphatic carboxylic acids is 2. The van der Waals surface area contributed by atoms with Gasteiger partial charge in [-0.3, -0.25) is 19.4 Å². The minimum atomic E-state index is -0.894.